The molecule has 10 heteroatoms. The van der Waals surface area contributed by atoms with Crippen LogP contribution in [0.25, 0.3) is 16.7 Å². The van der Waals surface area contributed by atoms with Gasteiger partial charge in [0.25, 0.3) is 5.56 Å². The Kier molecular flexibility index (Phi) is 4.22. The Bertz CT molecular complexity index is 990. The van der Waals surface area contributed by atoms with Gasteiger partial charge in [-0.25, -0.2) is 14.5 Å². The van der Waals surface area contributed by atoms with Gasteiger partial charge >= 0.3 is 6.18 Å². The van der Waals surface area contributed by atoms with Gasteiger partial charge in [0.2, 0.25) is 5.28 Å². The Morgan fingerprint density at radius 3 is 2.58 bits per heavy atom. The Balaban J connectivity index is 2.35. The van der Waals surface area contributed by atoms with E-state index in [1.165, 1.54) is 30.1 Å². The normalized spacial score (nSPS) is 11.9. The molecule has 1 aromatic carbocycles. The van der Waals surface area contributed by atoms with Gasteiger partial charge in [0.05, 0.1) is 11.3 Å². The van der Waals surface area contributed by atoms with Crippen molar-refractivity contribution in [2.75, 3.05) is 6.26 Å². The van der Waals surface area contributed by atoms with Crippen molar-refractivity contribution in [2.24, 2.45) is 0 Å². The lowest BCUT2D eigenvalue weighted by Gasteiger charge is -2.15. The number of nitrogens with zero attached hydrogens (tertiary/aromatic N) is 4. The predicted octanol–water partition coefficient (Wildman–Crippen LogP) is 3.57. The second kappa shape index (κ2) is 6.06. The Labute approximate surface area is 142 Å². The first kappa shape index (κ1) is 16.7. The summed E-state index contributed by atoms with van der Waals surface area (Å²) < 4.78 is 40.3. The van der Waals surface area contributed by atoms with Crippen LogP contribution in [-0.4, -0.2) is 25.8 Å². The van der Waals surface area contributed by atoms with Crippen LogP contribution in [0.2, 0.25) is 5.28 Å². The molecule has 0 radical (unpaired) electrons. The summed E-state index contributed by atoms with van der Waals surface area (Å²) in [4.78, 5) is 24.6. The van der Waals surface area contributed by atoms with E-state index in [1.54, 1.807) is 6.26 Å². The molecule has 24 heavy (non-hydrogen) atoms. The van der Waals surface area contributed by atoms with Crippen LogP contribution in [0, 0.1) is 0 Å². The van der Waals surface area contributed by atoms with Crippen LogP contribution in [0.1, 0.15) is 5.56 Å². The summed E-state index contributed by atoms with van der Waals surface area (Å²) in [5.41, 5.74) is -2.13. The highest BCUT2D eigenvalue weighted by molar-refractivity contribution is 7.98. The van der Waals surface area contributed by atoms with E-state index in [0.29, 0.717) is 9.72 Å². The summed E-state index contributed by atoms with van der Waals surface area (Å²) >= 11 is 7.22. The molecule has 0 saturated carbocycles. The molecule has 5 nitrogen and oxygen atoms in total. The molecule has 0 spiro atoms. The van der Waals surface area contributed by atoms with E-state index >= 15 is 0 Å². The van der Waals surface area contributed by atoms with Crippen molar-refractivity contribution in [1.29, 1.82) is 0 Å². The first-order valence-corrected chi connectivity index (χ1v) is 8.09. The molecule has 0 atom stereocenters. The molecule has 0 aliphatic carbocycles. The first-order valence-electron chi connectivity index (χ1n) is 6.49. The van der Waals surface area contributed by atoms with Crippen molar-refractivity contribution in [3.05, 3.63) is 51.7 Å². The molecular weight excluding hydrogens is 365 g/mol. The average molecular weight is 373 g/mol. The minimum Gasteiger partial charge on any atom is -0.268 e. The van der Waals surface area contributed by atoms with Gasteiger partial charge in [-0.15, -0.1) is 0 Å². The number of hydrogen-bond donors (Lipinski definition) is 0. The zero-order chi connectivity index (χ0) is 17.5. The van der Waals surface area contributed by atoms with E-state index < -0.39 is 28.3 Å². The van der Waals surface area contributed by atoms with Crippen LogP contribution in [0.4, 0.5) is 13.2 Å². The number of hydrogen-bond acceptors (Lipinski definition) is 5. The van der Waals surface area contributed by atoms with E-state index in [4.69, 9.17) is 11.6 Å². The van der Waals surface area contributed by atoms with Gasteiger partial charge in [-0.3, -0.25) is 4.79 Å². The number of para-hydroxylation sites is 1. The molecule has 124 valence electrons. The van der Waals surface area contributed by atoms with Gasteiger partial charge < -0.3 is 0 Å². The van der Waals surface area contributed by atoms with Crippen molar-refractivity contribution < 1.29 is 13.2 Å². The SMILES string of the molecule is CSc1ncc2c(=O)n(-c3ccccc3C(F)(F)F)c(Cl)nc2n1. The van der Waals surface area contributed by atoms with Gasteiger partial charge in [0.1, 0.15) is 5.39 Å². The third-order valence-corrected chi connectivity index (χ3v) is 4.01. The maximum absolute atomic E-state index is 13.2. The molecular formula is C14H8ClF3N4OS. The summed E-state index contributed by atoms with van der Waals surface area (Å²) in [7, 11) is 0. The first-order chi connectivity index (χ1) is 11.3. The smallest absolute Gasteiger partial charge is 0.268 e. The summed E-state index contributed by atoms with van der Waals surface area (Å²) in [6.45, 7) is 0. The highest BCUT2D eigenvalue weighted by Crippen LogP contribution is 2.34. The molecule has 0 fully saturated rings. The Morgan fingerprint density at radius 2 is 1.92 bits per heavy atom. The summed E-state index contributed by atoms with van der Waals surface area (Å²) in [6.07, 6.45) is -1.68. The average Bonchev–Trinajstić information content (AvgIpc) is 2.53. The zero-order valence-electron chi connectivity index (χ0n) is 12.0. The lowest BCUT2D eigenvalue weighted by Crippen LogP contribution is -2.24. The number of rotatable bonds is 2. The van der Waals surface area contributed by atoms with Gasteiger partial charge in [-0.05, 0) is 30.0 Å². The van der Waals surface area contributed by atoms with Crippen LogP contribution >= 0.6 is 23.4 Å². The topological polar surface area (TPSA) is 60.7 Å². The molecule has 2 heterocycles. The fraction of sp³-hybridized carbons (Fsp3) is 0.143. The number of alkyl halides is 3. The Morgan fingerprint density at radius 1 is 1.21 bits per heavy atom. The summed E-state index contributed by atoms with van der Waals surface area (Å²) in [5.74, 6) is 0. The number of benzene rings is 1. The van der Waals surface area contributed by atoms with Crippen molar-refractivity contribution in [3.8, 4) is 5.69 Å². The number of thioether (sulfide) groups is 1. The molecule has 0 bridgehead atoms. The molecule has 0 saturated heterocycles. The molecule has 0 amide bonds. The van der Waals surface area contributed by atoms with E-state index in [9.17, 15) is 18.0 Å². The molecule has 0 unspecified atom stereocenters. The summed E-state index contributed by atoms with van der Waals surface area (Å²) in [5, 5.41) is -0.0527. The van der Waals surface area contributed by atoms with E-state index in [-0.39, 0.29) is 11.0 Å². The van der Waals surface area contributed by atoms with E-state index in [1.807, 2.05) is 0 Å². The van der Waals surface area contributed by atoms with Crippen LogP contribution in [0.3, 0.4) is 0 Å². The Hall–Kier alpha value is -2.13. The van der Waals surface area contributed by atoms with Crippen LogP contribution in [0.5, 0.6) is 0 Å². The minimum atomic E-state index is -4.65. The molecule has 2 aromatic heterocycles. The van der Waals surface area contributed by atoms with Gasteiger partial charge in [-0.2, -0.15) is 18.2 Å². The summed E-state index contributed by atoms with van der Waals surface area (Å²) in [6, 6.07) is 4.63. The zero-order valence-corrected chi connectivity index (χ0v) is 13.6. The highest BCUT2D eigenvalue weighted by atomic mass is 35.5. The second-order valence-electron chi connectivity index (χ2n) is 4.63. The molecule has 3 rings (SSSR count). The maximum Gasteiger partial charge on any atom is 0.418 e. The highest BCUT2D eigenvalue weighted by Gasteiger charge is 2.34. The fourth-order valence-corrected chi connectivity index (χ4v) is 2.73. The van der Waals surface area contributed by atoms with Crippen LogP contribution in [0.15, 0.2) is 40.4 Å². The third-order valence-electron chi connectivity index (χ3n) is 3.20. The van der Waals surface area contributed by atoms with Crippen molar-refractivity contribution >= 4 is 34.4 Å². The van der Waals surface area contributed by atoms with Crippen molar-refractivity contribution in [1.82, 2.24) is 19.5 Å². The number of halogens is 4. The molecule has 0 aliphatic rings. The van der Waals surface area contributed by atoms with Crippen LogP contribution < -0.4 is 5.56 Å². The monoisotopic (exact) mass is 372 g/mol. The second-order valence-corrected chi connectivity index (χ2v) is 5.74. The molecule has 0 N–H and O–H groups in total. The quantitative estimate of drug-likeness (QED) is 0.508. The lowest BCUT2D eigenvalue weighted by atomic mass is 10.1. The lowest BCUT2D eigenvalue weighted by molar-refractivity contribution is -0.137. The molecule has 3 aromatic rings. The van der Waals surface area contributed by atoms with Gasteiger partial charge in [-0.1, -0.05) is 23.9 Å². The van der Waals surface area contributed by atoms with Crippen molar-refractivity contribution in [2.45, 2.75) is 11.3 Å². The predicted molar refractivity (Wildman–Crippen MR) is 84.7 cm³/mol. The minimum absolute atomic E-state index is 0.0193. The fourth-order valence-electron chi connectivity index (χ4n) is 2.15. The van der Waals surface area contributed by atoms with E-state index in [0.717, 1.165) is 12.1 Å². The third kappa shape index (κ3) is 2.84. The maximum atomic E-state index is 13.2. The van der Waals surface area contributed by atoms with Gasteiger partial charge in [0, 0.05) is 6.20 Å². The molecule has 0 aliphatic heterocycles. The van der Waals surface area contributed by atoms with Crippen LogP contribution in [-0.2, 0) is 6.18 Å². The van der Waals surface area contributed by atoms with Crippen molar-refractivity contribution in [3.63, 3.8) is 0 Å². The number of fused-ring (bicyclic) bond motifs is 1. The number of aromatic nitrogens is 4. The van der Waals surface area contributed by atoms with Gasteiger partial charge in [0.15, 0.2) is 10.8 Å². The van der Waals surface area contributed by atoms with E-state index in [2.05, 4.69) is 15.0 Å². The largest absolute Gasteiger partial charge is 0.418 e. The standard InChI is InChI=1S/C14H8ClF3N4OS/c1-24-13-19-6-7-10(21-13)20-12(15)22(11(7)23)9-5-3-2-4-8(9)14(16,17)18/h2-6H,1H3.